The lowest BCUT2D eigenvalue weighted by Crippen LogP contribution is -2.46. The molecular weight excluding hydrogens is 324 g/mol. The highest BCUT2D eigenvalue weighted by Gasteiger charge is 2.18. The van der Waals surface area contributed by atoms with Crippen LogP contribution in [-0.4, -0.2) is 48.0 Å². The van der Waals surface area contributed by atoms with Crippen molar-refractivity contribution in [3.05, 3.63) is 59.8 Å². The van der Waals surface area contributed by atoms with Crippen LogP contribution in [0.15, 0.2) is 48.7 Å². The third kappa shape index (κ3) is 4.82. The zero-order valence-electron chi connectivity index (χ0n) is 15.7. The van der Waals surface area contributed by atoms with Crippen molar-refractivity contribution in [2.24, 2.45) is 0 Å². The summed E-state index contributed by atoms with van der Waals surface area (Å²) in [5.74, 6) is 0.899. The normalized spacial score (nSPS) is 16.3. The van der Waals surface area contributed by atoms with Crippen molar-refractivity contribution in [2.45, 2.75) is 32.9 Å². The lowest BCUT2D eigenvalue weighted by atomic mass is 10.2. The van der Waals surface area contributed by atoms with Gasteiger partial charge in [-0.05, 0) is 31.0 Å². The summed E-state index contributed by atoms with van der Waals surface area (Å²) in [6, 6.07) is 14.6. The van der Waals surface area contributed by atoms with Crippen molar-refractivity contribution >= 4 is 11.7 Å². The maximum Gasteiger partial charge on any atom is 0.253 e. The van der Waals surface area contributed by atoms with E-state index in [1.807, 2.05) is 19.1 Å². The highest BCUT2D eigenvalue weighted by Crippen LogP contribution is 2.15. The molecule has 1 unspecified atom stereocenters. The van der Waals surface area contributed by atoms with Gasteiger partial charge in [-0.2, -0.15) is 0 Å². The van der Waals surface area contributed by atoms with Crippen LogP contribution < -0.4 is 10.2 Å². The first-order chi connectivity index (χ1) is 12.7. The third-order valence-corrected chi connectivity index (χ3v) is 4.95. The second-order valence-electron chi connectivity index (χ2n) is 6.94. The molecule has 1 aliphatic rings. The molecule has 138 valence electrons. The molecule has 1 aliphatic heterocycles. The molecule has 1 fully saturated rings. The zero-order valence-corrected chi connectivity index (χ0v) is 15.7. The zero-order chi connectivity index (χ0) is 18.4. The van der Waals surface area contributed by atoms with E-state index in [1.165, 1.54) is 5.56 Å². The second-order valence-corrected chi connectivity index (χ2v) is 6.94. The molecule has 0 radical (unpaired) electrons. The molecule has 2 aromatic rings. The standard InChI is InChI=1S/C21H28N4O/c1-3-17(2)23-21(26)19-9-10-20(22-15-19)25-13-11-24(12-14-25)16-18-7-5-4-6-8-18/h4-10,15,17H,3,11-14,16H2,1-2H3,(H,23,26). The number of rotatable bonds is 6. The first-order valence-electron chi connectivity index (χ1n) is 9.44. The largest absolute Gasteiger partial charge is 0.354 e. The summed E-state index contributed by atoms with van der Waals surface area (Å²) in [5.41, 5.74) is 1.98. The third-order valence-electron chi connectivity index (χ3n) is 4.95. The fourth-order valence-corrected chi connectivity index (χ4v) is 3.09. The molecule has 26 heavy (non-hydrogen) atoms. The highest BCUT2D eigenvalue weighted by atomic mass is 16.1. The van der Waals surface area contributed by atoms with E-state index in [9.17, 15) is 4.79 Å². The topological polar surface area (TPSA) is 48.5 Å². The van der Waals surface area contributed by atoms with Gasteiger partial charge in [0.1, 0.15) is 5.82 Å². The van der Waals surface area contributed by atoms with Crippen LogP contribution in [0.1, 0.15) is 36.2 Å². The number of nitrogens with one attached hydrogen (secondary N) is 1. The summed E-state index contributed by atoms with van der Waals surface area (Å²) in [6.07, 6.45) is 2.61. The number of aromatic nitrogens is 1. The van der Waals surface area contributed by atoms with Gasteiger partial charge in [0.25, 0.3) is 5.91 Å². The number of hydrogen-bond acceptors (Lipinski definition) is 4. The molecule has 1 amide bonds. The average molecular weight is 352 g/mol. The number of carbonyl (C=O) groups is 1. The van der Waals surface area contributed by atoms with Crippen molar-refractivity contribution in [1.82, 2.24) is 15.2 Å². The summed E-state index contributed by atoms with van der Waals surface area (Å²) in [5, 5.41) is 2.97. The van der Waals surface area contributed by atoms with Crippen molar-refractivity contribution in [2.75, 3.05) is 31.1 Å². The molecule has 0 saturated carbocycles. The van der Waals surface area contributed by atoms with Crippen molar-refractivity contribution in [1.29, 1.82) is 0 Å². The van der Waals surface area contributed by atoms with Gasteiger partial charge in [-0.3, -0.25) is 9.69 Å². The van der Waals surface area contributed by atoms with E-state index in [1.54, 1.807) is 6.20 Å². The Bertz CT molecular complexity index is 694. The van der Waals surface area contributed by atoms with E-state index < -0.39 is 0 Å². The monoisotopic (exact) mass is 352 g/mol. The minimum absolute atomic E-state index is 0.0499. The molecule has 5 nitrogen and oxygen atoms in total. The number of nitrogens with zero attached hydrogens (tertiary/aromatic N) is 3. The van der Waals surface area contributed by atoms with Crippen LogP contribution in [0.25, 0.3) is 0 Å². The fraction of sp³-hybridized carbons (Fsp3) is 0.429. The number of pyridine rings is 1. The van der Waals surface area contributed by atoms with E-state index in [-0.39, 0.29) is 11.9 Å². The van der Waals surface area contributed by atoms with Crippen LogP contribution in [0.3, 0.4) is 0 Å². The maximum atomic E-state index is 12.1. The summed E-state index contributed by atoms with van der Waals surface area (Å²) >= 11 is 0. The molecule has 5 heteroatoms. The number of hydrogen-bond donors (Lipinski definition) is 1. The van der Waals surface area contributed by atoms with E-state index in [0.29, 0.717) is 5.56 Å². The van der Waals surface area contributed by atoms with Gasteiger partial charge in [0.15, 0.2) is 0 Å². The summed E-state index contributed by atoms with van der Waals surface area (Å²) < 4.78 is 0. The number of amides is 1. The van der Waals surface area contributed by atoms with E-state index in [4.69, 9.17) is 0 Å². The molecule has 0 aliphatic carbocycles. The van der Waals surface area contributed by atoms with Gasteiger partial charge in [0.05, 0.1) is 5.56 Å². The predicted octanol–water partition coefficient (Wildman–Crippen LogP) is 2.93. The van der Waals surface area contributed by atoms with Gasteiger partial charge in [-0.1, -0.05) is 37.3 Å². The van der Waals surface area contributed by atoms with Crippen LogP contribution in [0.5, 0.6) is 0 Å². The molecule has 3 rings (SSSR count). The Hall–Kier alpha value is -2.40. The Kier molecular flexibility index (Phi) is 6.23. The van der Waals surface area contributed by atoms with E-state index in [0.717, 1.165) is 45.0 Å². The van der Waals surface area contributed by atoms with Gasteiger partial charge in [0.2, 0.25) is 0 Å². The molecule has 1 saturated heterocycles. The number of carbonyl (C=O) groups excluding carboxylic acids is 1. The van der Waals surface area contributed by atoms with Crippen LogP contribution in [-0.2, 0) is 6.54 Å². The highest BCUT2D eigenvalue weighted by molar-refractivity contribution is 5.94. The van der Waals surface area contributed by atoms with E-state index >= 15 is 0 Å². The van der Waals surface area contributed by atoms with Crippen molar-refractivity contribution < 1.29 is 4.79 Å². The number of anilines is 1. The lowest BCUT2D eigenvalue weighted by Gasteiger charge is -2.35. The van der Waals surface area contributed by atoms with Crippen LogP contribution in [0, 0.1) is 0 Å². The van der Waals surface area contributed by atoms with Crippen LogP contribution >= 0.6 is 0 Å². The average Bonchev–Trinajstić information content (AvgIpc) is 2.69. The smallest absolute Gasteiger partial charge is 0.253 e. The molecular formula is C21H28N4O. The van der Waals surface area contributed by atoms with Gasteiger partial charge < -0.3 is 10.2 Å². The summed E-state index contributed by atoms with van der Waals surface area (Å²) in [7, 11) is 0. The van der Waals surface area contributed by atoms with E-state index in [2.05, 4.69) is 57.4 Å². The molecule has 1 aromatic heterocycles. The predicted molar refractivity (Wildman–Crippen MR) is 105 cm³/mol. The Labute approximate surface area is 156 Å². The maximum absolute atomic E-state index is 12.1. The quantitative estimate of drug-likeness (QED) is 0.868. The SMILES string of the molecule is CCC(C)NC(=O)c1ccc(N2CCN(Cc3ccccc3)CC2)nc1. The Morgan fingerprint density at radius 1 is 1.12 bits per heavy atom. The Morgan fingerprint density at radius 3 is 2.46 bits per heavy atom. The molecule has 2 heterocycles. The molecule has 0 spiro atoms. The summed E-state index contributed by atoms with van der Waals surface area (Å²) in [6.45, 7) is 9.02. The van der Waals surface area contributed by atoms with Gasteiger partial charge in [0, 0.05) is 45.0 Å². The molecule has 1 aromatic carbocycles. The first-order valence-corrected chi connectivity index (χ1v) is 9.44. The number of benzene rings is 1. The summed E-state index contributed by atoms with van der Waals surface area (Å²) in [4.78, 5) is 21.4. The lowest BCUT2D eigenvalue weighted by molar-refractivity contribution is 0.0939. The van der Waals surface area contributed by atoms with Crippen LogP contribution in [0.4, 0.5) is 5.82 Å². The molecule has 1 N–H and O–H groups in total. The Balaban J connectivity index is 1.52. The second kappa shape index (κ2) is 8.81. The molecule has 1 atom stereocenters. The number of piperazine rings is 1. The van der Waals surface area contributed by atoms with Gasteiger partial charge >= 0.3 is 0 Å². The minimum Gasteiger partial charge on any atom is -0.354 e. The van der Waals surface area contributed by atoms with Gasteiger partial charge in [-0.15, -0.1) is 0 Å². The fourth-order valence-electron chi connectivity index (χ4n) is 3.09. The van der Waals surface area contributed by atoms with Gasteiger partial charge in [-0.25, -0.2) is 4.98 Å². The Morgan fingerprint density at radius 2 is 1.85 bits per heavy atom. The molecule has 0 bridgehead atoms. The van der Waals surface area contributed by atoms with Crippen molar-refractivity contribution in [3.63, 3.8) is 0 Å². The minimum atomic E-state index is -0.0499. The first kappa shape index (κ1) is 18.4. The van der Waals surface area contributed by atoms with Crippen molar-refractivity contribution in [3.8, 4) is 0 Å². The van der Waals surface area contributed by atoms with Crippen LogP contribution in [0.2, 0.25) is 0 Å².